The summed E-state index contributed by atoms with van der Waals surface area (Å²) < 4.78 is 2.31. The van der Waals surface area contributed by atoms with Crippen LogP contribution in [0.15, 0.2) is 17.3 Å². The van der Waals surface area contributed by atoms with Gasteiger partial charge in [0, 0.05) is 12.7 Å². The van der Waals surface area contributed by atoms with Crippen LogP contribution in [0.1, 0.15) is 13.3 Å². The van der Waals surface area contributed by atoms with Crippen molar-refractivity contribution in [3.8, 4) is 0 Å². The SMILES string of the molecule is CCCn1cncc(I)c1=O. The van der Waals surface area contributed by atoms with Crippen LogP contribution in [0.2, 0.25) is 0 Å². The molecule has 0 atom stereocenters. The number of aryl methyl sites for hydroxylation is 1. The summed E-state index contributed by atoms with van der Waals surface area (Å²) in [5.41, 5.74) is 0.0578. The molecule has 1 aromatic heterocycles. The van der Waals surface area contributed by atoms with Gasteiger partial charge in [0.2, 0.25) is 0 Å². The molecule has 4 heteroatoms. The number of halogens is 1. The van der Waals surface area contributed by atoms with Gasteiger partial charge in [-0.15, -0.1) is 0 Å². The Morgan fingerprint density at radius 3 is 3.09 bits per heavy atom. The molecule has 0 bridgehead atoms. The van der Waals surface area contributed by atoms with Crippen molar-refractivity contribution in [2.45, 2.75) is 19.9 Å². The van der Waals surface area contributed by atoms with E-state index in [1.54, 1.807) is 17.1 Å². The van der Waals surface area contributed by atoms with Crippen molar-refractivity contribution in [3.05, 3.63) is 26.4 Å². The highest BCUT2D eigenvalue weighted by Crippen LogP contribution is 1.93. The fourth-order valence-corrected chi connectivity index (χ4v) is 1.29. The summed E-state index contributed by atoms with van der Waals surface area (Å²) in [6, 6.07) is 0. The van der Waals surface area contributed by atoms with E-state index in [1.807, 2.05) is 29.5 Å². The first-order chi connectivity index (χ1) is 5.25. The highest BCUT2D eigenvalue weighted by molar-refractivity contribution is 14.1. The molecule has 0 saturated heterocycles. The van der Waals surface area contributed by atoms with Crippen molar-refractivity contribution in [2.24, 2.45) is 0 Å². The average Bonchev–Trinajstić information content (AvgIpc) is 1.99. The largest absolute Gasteiger partial charge is 0.298 e. The van der Waals surface area contributed by atoms with E-state index in [4.69, 9.17) is 0 Å². The second-order valence-electron chi connectivity index (χ2n) is 2.24. The van der Waals surface area contributed by atoms with Gasteiger partial charge in [0.15, 0.2) is 0 Å². The van der Waals surface area contributed by atoms with Crippen molar-refractivity contribution in [1.82, 2.24) is 9.55 Å². The summed E-state index contributed by atoms with van der Waals surface area (Å²) in [5.74, 6) is 0. The van der Waals surface area contributed by atoms with E-state index in [9.17, 15) is 4.79 Å². The van der Waals surface area contributed by atoms with Crippen LogP contribution in [-0.4, -0.2) is 9.55 Å². The molecule has 11 heavy (non-hydrogen) atoms. The van der Waals surface area contributed by atoms with Crippen molar-refractivity contribution in [1.29, 1.82) is 0 Å². The molecule has 0 radical (unpaired) electrons. The van der Waals surface area contributed by atoms with Gasteiger partial charge in [0.1, 0.15) is 0 Å². The zero-order valence-electron chi connectivity index (χ0n) is 6.25. The second kappa shape index (κ2) is 3.85. The van der Waals surface area contributed by atoms with Gasteiger partial charge in [-0.2, -0.15) is 0 Å². The molecule has 1 heterocycles. The van der Waals surface area contributed by atoms with E-state index in [0.29, 0.717) is 3.57 Å². The number of nitrogens with zero attached hydrogens (tertiary/aromatic N) is 2. The minimum absolute atomic E-state index is 0.0578. The van der Waals surface area contributed by atoms with Gasteiger partial charge in [-0.05, 0) is 29.0 Å². The van der Waals surface area contributed by atoms with Gasteiger partial charge in [-0.25, -0.2) is 4.98 Å². The molecule has 60 valence electrons. The monoisotopic (exact) mass is 264 g/mol. The molecule has 0 aliphatic rings. The zero-order chi connectivity index (χ0) is 8.27. The maximum Gasteiger partial charge on any atom is 0.266 e. The summed E-state index contributed by atoms with van der Waals surface area (Å²) in [6.07, 6.45) is 4.12. The molecule has 0 aliphatic carbocycles. The van der Waals surface area contributed by atoms with Gasteiger partial charge >= 0.3 is 0 Å². The molecule has 0 spiro atoms. The summed E-state index contributed by atoms with van der Waals surface area (Å²) in [6.45, 7) is 2.79. The minimum atomic E-state index is 0.0578. The zero-order valence-corrected chi connectivity index (χ0v) is 8.41. The normalized spacial score (nSPS) is 10.0. The van der Waals surface area contributed by atoms with E-state index < -0.39 is 0 Å². The minimum Gasteiger partial charge on any atom is -0.298 e. The average molecular weight is 264 g/mol. The first-order valence-corrected chi connectivity index (χ1v) is 4.53. The number of rotatable bonds is 2. The van der Waals surface area contributed by atoms with Gasteiger partial charge < -0.3 is 0 Å². The summed E-state index contributed by atoms with van der Waals surface area (Å²) >= 11 is 1.99. The van der Waals surface area contributed by atoms with Crippen molar-refractivity contribution < 1.29 is 0 Å². The fraction of sp³-hybridized carbons (Fsp3) is 0.429. The van der Waals surface area contributed by atoms with Gasteiger partial charge in [0.25, 0.3) is 5.56 Å². The molecule has 0 unspecified atom stereocenters. The predicted octanol–water partition coefficient (Wildman–Crippen LogP) is 1.26. The molecule has 0 aromatic carbocycles. The Balaban J connectivity index is 3.07. The van der Waals surface area contributed by atoms with Crippen LogP contribution in [0.25, 0.3) is 0 Å². The van der Waals surface area contributed by atoms with Gasteiger partial charge in [-0.1, -0.05) is 6.92 Å². The predicted molar refractivity (Wildman–Crippen MR) is 51.5 cm³/mol. The molecular weight excluding hydrogens is 255 g/mol. The van der Waals surface area contributed by atoms with E-state index >= 15 is 0 Å². The molecule has 0 amide bonds. The van der Waals surface area contributed by atoms with Crippen LogP contribution < -0.4 is 5.56 Å². The first kappa shape index (κ1) is 8.70. The van der Waals surface area contributed by atoms with Crippen molar-refractivity contribution in [3.63, 3.8) is 0 Å². The molecule has 0 fully saturated rings. The molecule has 3 nitrogen and oxygen atoms in total. The van der Waals surface area contributed by atoms with Crippen LogP contribution >= 0.6 is 22.6 Å². The van der Waals surface area contributed by atoms with Crippen LogP contribution in [0.3, 0.4) is 0 Å². The lowest BCUT2D eigenvalue weighted by Gasteiger charge is -2.00. The Labute approximate surface area is 78.6 Å². The third-order valence-corrected chi connectivity index (χ3v) is 2.06. The molecule has 1 aromatic rings. The quantitative estimate of drug-likeness (QED) is 0.754. The standard InChI is InChI=1S/C7H9IN2O/c1-2-3-10-5-9-4-6(8)7(10)11/h4-5H,2-3H2,1H3. The molecule has 0 aliphatic heterocycles. The lowest BCUT2D eigenvalue weighted by atomic mass is 10.5. The lowest BCUT2D eigenvalue weighted by Crippen LogP contribution is -2.22. The Morgan fingerprint density at radius 1 is 1.73 bits per heavy atom. The van der Waals surface area contributed by atoms with Crippen molar-refractivity contribution >= 4 is 22.6 Å². The molecule has 0 saturated carbocycles. The maximum absolute atomic E-state index is 11.3. The smallest absolute Gasteiger partial charge is 0.266 e. The van der Waals surface area contributed by atoms with Crippen LogP contribution in [0, 0.1) is 3.57 Å². The number of hydrogen-bond donors (Lipinski definition) is 0. The molecule has 1 rings (SSSR count). The van der Waals surface area contributed by atoms with E-state index in [2.05, 4.69) is 4.98 Å². The van der Waals surface area contributed by atoms with Gasteiger partial charge in [-0.3, -0.25) is 9.36 Å². The van der Waals surface area contributed by atoms with Gasteiger partial charge in [0.05, 0.1) is 9.90 Å². The van der Waals surface area contributed by atoms with Crippen LogP contribution in [0.4, 0.5) is 0 Å². The fourth-order valence-electron chi connectivity index (χ4n) is 0.824. The third-order valence-electron chi connectivity index (χ3n) is 1.32. The third kappa shape index (κ3) is 2.02. The van der Waals surface area contributed by atoms with E-state index in [1.165, 1.54) is 0 Å². The topological polar surface area (TPSA) is 34.9 Å². The van der Waals surface area contributed by atoms with E-state index in [0.717, 1.165) is 13.0 Å². The second-order valence-corrected chi connectivity index (χ2v) is 3.40. The van der Waals surface area contributed by atoms with Crippen LogP contribution in [0.5, 0.6) is 0 Å². The molecular formula is C7H9IN2O. The maximum atomic E-state index is 11.3. The Hall–Kier alpha value is -0.390. The Kier molecular flexibility index (Phi) is 3.04. The number of hydrogen-bond acceptors (Lipinski definition) is 2. The lowest BCUT2D eigenvalue weighted by molar-refractivity contribution is 0.637. The highest BCUT2D eigenvalue weighted by atomic mass is 127. The Bertz CT molecular complexity index is 295. The van der Waals surface area contributed by atoms with E-state index in [-0.39, 0.29) is 5.56 Å². The summed E-state index contributed by atoms with van der Waals surface area (Å²) in [4.78, 5) is 15.2. The summed E-state index contributed by atoms with van der Waals surface area (Å²) in [5, 5.41) is 0. The highest BCUT2D eigenvalue weighted by Gasteiger charge is 1.97. The summed E-state index contributed by atoms with van der Waals surface area (Å²) in [7, 11) is 0. The molecule has 0 N–H and O–H groups in total. The van der Waals surface area contributed by atoms with Crippen LogP contribution in [-0.2, 0) is 6.54 Å². The number of aromatic nitrogens is 2. The Morgan fingerprint density at radius 2 is 2.45 bits per heavy atom. The van der Waals surface area contributed by atoms with Crippen molar-refractivity contribution in [2.75, 3.05) is 0 Å². The first-order valence-electron chi connectivity index (χ1n) is 3.45.